The van der Waals surface area contributed by atoms with Gasteiger partial charge in [-0.15, -0.1) is 11.3 Å². The van der Waals surface area contributed by atoms with Crippen molar-refractivity contribution >= 4 is 17.2 Å². The molecule has 2 aromatic heterocycles. The van der Waals surface area contributed by atoms with E-state index in [1.54, 1.807) is 24.3 Å². The summed E-state index contributed by atoms with van der Waals surface area (Å²) in [5, 5.41) is 6.44. The maximum Gasteiger partial charge on any atom is 0.273 e. The van der Waals surface area contributed by atoms with Gasteiger partial charge in [-0.3, -0.25) is 4.79 Å². The Labute approximate surface area is 97.3 Å². The van der Waals surface area contributed by atoms with Gasteiger partial charge in [-0.1, -0.05) is 5.16 Å². The highest BCUT2D eigenvalue weighted by atomic mass is 32.1. The van der Waals surface area contributed by atoms with Crippen molar-refractivity contribution in [1.29, 1.82) is 0 Å². The summed E-state index contributed by atoms with van der Waals surface area (Å²) in [7, 11) is 0. The second kappa shape index (κ2) is 4.49. The van der Waals surface area contributed by atoms with E-state index < -0.39 is 0 Å². The standard InChI is InChI=1S/C11H12N2O2S/c1-7-5-10(13-15-7)11(14)12-6-9-4-3-8(2)16-9/h3-5H,6H2,1-2H3,(H,12,14). The number of hydrogen-bond acceptors (Lipinski definition) is 4. The van der Waals surface area contributed by atoms with Crippen LogP contribution in [-0.2, 0) is 6.54 Å². The molecule has 0 atom stereocenters. The van der Waals surface area contributed by atoms with Gasteiger partial charge in [0.15, 0.2) is 5.69 Å². The summed E-state index contributed by atoms with van der Waals surface area (Å²) in [6.45, 7) is 4.33. The lowest BCUT2D eigenvalue weighted by Crippen LogP contribution is -2.22. The Morgan fingerprint density at radius 2 is 2.31 bits per heavy atom. The average molecular weight is 236 g/mol. The monoisotopic (exact) mass is 236 g/mol. The zero-order valence-electron chi connectivity index (χ0n) is 9.11. The SMILES string of the molecule is Cc1cc(C(=O)NCc2ccc(C)s2)no1. The van der Waals surface area contributed by atoms with Gasteiger partial charge >= 0.3 is 0 Å². The molecule has 2 aromatic rings. The lowest BCUT2D eigenvalue weighted by Gasteiger charge is -1.99. The number of carbonyl (C=O) groups is 1. The molecule has 4 nitrogen and oxygen atoms in total. The number of nitrogens with zero attached hydrogens (tertiary/aromatic N) is 1. The van der Waals surface area contributed by atoms with Gasteiger partial charge in [0, 0.05) is 15.8 Å². The molecule has 0 aliphatic carbocycles. The van der Waals surface area contributed by atoms with Crippen LogP contribution in [-0.4, -0.2) is 11.1 Å². The van der Waals surface area contributed by atoms with Crippen LogP contribution in [0.1, 0.15) is 26.0 Å². The Bertz CT molecular complexity index is 502. The van der Waals surface area contributed by atoms with Crippen LogP contribution in [0.4, 0.5) is 0 Å². The Morgan fingerprint density at radius 1 is 1.50 bits per heavy atom. The van der Waals surface area contributed by atoms with Crippen molar-refractivity contribution in [3.8, 4) is 0 Å². The van der Waals surface area contributed by atoms with E-state index in [0.29, 0.717) is 18.0 Å². The molecule has 0 bridgehead atoms. The van der Waals surface area contributed by atoms with Gasteiger partial charge in [0.2, 0.25) is 0 Å². The number of aromatic nitrogens is 1. The Morgan fingerprint density at radius 3 is 2.88 bits per heavy atom. The first-order valence-corrected chi connectivity index (χ1v) is 5.73. The normalized spacial score (nSPS) is 10.4. The molecule has 0 aliphatic heterocycles. The summed E-state index contributed by atoms with van der Waals surface area (Å²) in [5.74, 6) is 0.431. The quantitative estimate of drug-likeness (QED) is 0.889. The van der Waals surface area contributed by atoms with Gasteiger partial charge in [0.1, 0.15) is 5.76 Å². The Balaban J connectivity index is 1.93. The molecule has 0 aliphatic rings. The zero-order chi connectivity index (χ0) is 11.5. The fourth-order valence-corrected chi connectivity index (χ4v) is 2.14. The molecule has 0 fully saturated rings. The molecule has 1 amide bonds. The van der Waals surface area contributed by atoms with Crippen LogP contribution in [0.2, 0.25) is 0 Å². The van der Waals surface area contributed by atoms with Gasteiger partial charge < -0.3 is 9.84 Å². The highest BCUT2D eigenvalue weighted by molar-refractivity contribution is 7.11. The molecule has 16 heavy (non-hydrogen) atoms. The van der Waals surface area contributed by atoms with Crippen molar-refractivity contribution in [1.82, 2.24) is 10.5 Å². The van der Waals surface area contributed by atoms with Crippen LogP contribution in [0.25, 0.3) is 0 Å². The lowest BCUT2D eigenvalue weighted by atomic mass is 10.3. The fourth-order valence-electron chi connectivity index (χ4n) is 1.31. The van der Waals surface area contributed by atoms with Gasteiger partial charge in [-0.25, -0.2) is 0 Å². The van der Waals surface area contributed by atoms with Crippen molar-refractivity contribution < 1.29 is 9.32 Å². The zero-order valence-corrected chi connectivity index (χ0v) is 9.93. The number of carbonyl (C=O) groups excluding carboxylic acids is 1. The van der Waals surface area contributed by atoms with E-state index in [4.69, 9.17) is 4.52 Å². The number of thiophene rings is 1. The van der Waals surface area contributed by atoms with Crippen LogP contribution in [0.5, 0.6) is 0 Å². The van der Waals surface area contributed by atoms with Crippen molar-refractivity contribution in [2.75, 3.05) is 0 Å². The lowest BCUT2D eigenvalue weighted by molar-refractivity contribution is 0.0942. The average Bonchev–Trinajstić information content (AvgIpc) is 2.84. The minimum absolute atomic E-state index is 0.206. The third-order valence-electron chi connectivity index (χ3n) is 2.08. The van der Waals surface area contributed by atoms with Crippen molar-refractivity contribution in [3.05, 3.63) is 39.4 Å². The summed E-state index contributed by atoms with van der Waals surface area (Å²) < 4.78 is 4.83. The molecule has 0 aromatic carbocycles. The maximum atomic E-state index is 11.6. The van der Waals surface area contributed by atoms with E-state index in [1.807, 2.05) is 19.1 Å². The Kier molecular flexibility index (Phi) is 3.05. The van der Waals surface area contributed by atoms with Gasteiger partial charge in [0.25, 0.3) is 5.91 Å². The van der Waals surface area contributed by atoms with E-state index in [9.17, 15) is 4.79 Å². The topological polar surface area (TPSA) is 55.1 Å². The molecule has 0 saturated carbocycles. The van der Waals surface area contributed by atoms with Crippen LogP contribution in [0.15, 0.2) is 22.7 Å². The Hall–Kier alpha value is -1.62. The predicted octanol–water partition coefficient (Wildman–Crippen LogP) is 2.28. The highest BCUT2D eigenvalue weighted by Crippen LogP contribution is 2.14. The molecule has 0 saturated heterocycles. The summed E-state index contributed by atoms with van der Waals surface area (Å²) >= 11 is 1.67. The number of nitrogens with one attached hydrogen (secondary N) is 1. The minimum atomic E-state index is -0.206. The first kappa shape index (κ1) is 10.9. The molecular formula is C11H12N2O2S. The van der Waals surface area contributed by atoms with E-state index in [0.717, 1.165) is 4.88 Å². The van der Waals surface area contributed by atoms with Crippen LogP contribution in [0, 0.1) is 13.8 Å². The smallest absolute Gasteiger partial charge is 0.273 e. The molecule has 2 rings (SSSR count). The molecule has 5 heteroatoms. The number of aryl methyl sites for hydroxylation is 2. The van der Waals surface area contributed by atoms with E-state index in [1.165, 1.54) is 4.88 Å². The number of rotatable bonds is 3. The van der Waals surface area contributed by atoms with Crippen molar-refractivity contribution in [3.63, 3.8) is 0 Å². The molecule has 2 heterocycles. The van der Waals surface area contributed by atoms with Crippen molar-refractivity contribution in [2.45, 2.75) is 20.4 Å². The molecule has 0 radical (unpaired) electrons. The van der Waals surface area contributed by atoms with Crippen LogP contribution in [0.3, 0.4) is 0 Å². The number of amides is 1. The minimum Gasteiger partial charge on any atom is -0.361 e. The van der Waals surface area contributed by atoms with E-state index in [-0.39, 0.29) is 5.91 Å². The largest absolute Gasteiger partial charge is 0.361 e. The molecule has 0 spiro atoms. The summed E-state index contributed by atoms with van der Waals surface area (Å²) in [5.41, 5.74) is 0.325. The first-order chi connectivity index (χ1) is 7.65. The van der Waals surface area contributed by atoms with Crippen molar-refractivity contribution in [2.24, 2.45) is 0 Å². The maximum absolute atomic E-state index is 11.6. The fraction of sp³-hybridized carbons (Fsp3) is 0.273. The first-order valence-electron chi connectivity index (χ1n) is 4.92. The highest BCUT2D eigenvalue weighted by Gasteiger charge is 2.10. The summed E-state index contributed by atoms with van der Waals surface area (Å²) in [4.78, 5) is 14.0. The third-order valence-corrected chi connectivity index (χ3v) is 3.08. The molecule has 84 valence electrons. The van der Waals surface area contributed by atoms with Gasteiger partial charge in [0.05, 0.1) is 6.54 Å². The second-order valence-corrected chi connectivity index (χ2v) is 4.89. The predicted molar refractivity (Wildman–Crippen MR) is 61.5 cm³/mol. The second-order valence-electron chi connectivity index (χ2n) is 3.52. The van der Waals surface area contributed by atoms with Crippen LogP contribution < -0.4 is 5.32 Å². The van der Waals surface area contributed by atoms with Gasteiger partial charge in [-0.2, -0.15) is 0 Å². The number of hydrogen-bond donors (Lipinski definition) is 1. The summed E-state index contributed by atoms with van der Waals surface area (Å²) in [6, 6.07) is 5.66. The van der Waals surface area contributed by atoms with Gasteiger partial charge in [-0.05, 0) is 26.0 Å². The van der Waals surface area contributed by atoms with E-state index >= 15 is 0 Å². The third kappa shape index (κ3) is 2.49. The molecule has 0 unspecified atom stereocenters. The molecular weight excluding hydrogens is 224 g/mol. The molecule has 1 N–H and O–H groups in total. The van der Waals surface area contributed by atoms with Crippen LogP contribution >= 0.6 is 11.3 Å². The summed E-state index contributed by atoms with van der Waals surface area (Å²) in [6.07, 6.45) is 0. The van der Waals surface area contributed by atoms with E-state index in [2.05, 4.69) is 10.5 Å².